The van der Waals surface area contributed by atoms with E-state index in [1.54, 1.807) is 5.01 Å². The van der Waals surface area contributed by atoms with Crippen LogP contribution in [0.1, 0.15) is 60.3 Å². The Bertz CT molecular complexity index is 165. The van der Waals surface area contributed by atoms with Crippen molar-refractivity contribution in [3.8, 4) is 0 Å². The van der Waals surface area contributed by atoms with Crippen LogP contribution in [0, 0.1) is 5.92 Å². The van der Waals surface area contributed by atoms with Crippen LogP contribution in [0.4, 0.5) is 0 Å². The molecule has 0 rings (SSSR count). The molecule has 4 N–H and O–H groups in total. The van der Waals surface area contributed by atoms with E-state index < -0.39 is 0 Å². The summed E-state index contributed by atoms with van der Waals surface area (Å²) in [5.41, 5.74) is 6.69. The number of nitrogens with zero attached hydrogens (tertiary/aromatic N) is 1. The van der Waals surface area contributed by atoms with Crippen LogP contribution < -0.4 is 11.6 Å². The lowest BCUT2D eigenvalue weighted by molar-refractivity contribution is 0.374. The lowest BCUT2D eigenvalue weighted by Crippen LogP contribution is -2.27. The molecule has 0 fully saturated rings. The van der Waals surface area contributed by atoms with Gasteiger partial charge in [0.05, 0.1) is 0 Å². The highest BCUT2D eigenvalue weighted by Gasteiger charge is 1.98. The van der Waals surface area contributed by atoms with Crippen molar-refractivity contribution in [1.82, 2.24) is 5.01 Å². The normalized spacial score (nSPS) is 11.1. The molecule has 3 heteroatoms. The Morgan fingerprint density at radius 2 is 1.81 bits per heavy atom. The quantitative estimate of drug-likeness (QED) is 0.400. The topological polar surface area (TPSA) is 55.3 Å². The summed E-state index contributed by atoms with van der Waals surface area (Å²) in [6.45, 7) is 11.4. The first-order valence-electron chi connectivity index (χ1n) is 6.53. The van der Waals surface area contributed by atoms with Crippen molar-refractivity contribution in [3.63, 3.8) is 0 Å². The maximum absolute atomic E-state index is 5.82. The summed E-state index contributed by atoms with van der Waals surface area (Å²) in [5.74, 6) is 6.36. The first kappa shape index (κ1) is 17.7. The molecule has 0 aliphatic heterocycles. The minimum absolute atomic E-state index is 0.593. The van der Waals surface area contributed by atoms with E-state index in [1.807, 2.05) is 20.0 Å². The Balaban J connectivity index is 0. The largest absolute Gasteiger partial charge is 0.401 e. The number of allylic oxidation sites excluding steroid dienone is 1. The fourth-order valence-corrected chi connectivity index (χ4v) is 1.35. The Morgan fingerprint density at radius 1 is 1.25 bits per heavy atom. The first-order chi connectivity index (χ1) is 7.56. The van der Waals surface area contributed by atoms with Gasteiger partial charge in [-0.05, 0) is 18.8 Å². The summed E-state index contributed by atoms with van der Waals surface area (Å²) in [6.07, 6.45) is 6.36. The van der Waals surface area contributed by atoms with Gasteiger partial charge in [-0.3, -0.25) is 0 Å². The molecule has 3 nitrogen and oxygen atoms in total. The summed E-state index contributed by atoms with van der Waals surface area (Å²) in [5, 5.41) is 1.70. The zero-order chi connectivity index (χ0) is 13.0. The minimum Gasteiger partial charge on any atom is -0.401 e. The lowest BCUT2D eigenvalue weighted by atomic mass is 10.1. The minimum atomic E-state index is 0.593. The van der Waals surface area contributed by atoms with Crippen molar-refractivity contribution in [1.29, 1.82) is 0 Å². The third-order valence-electron chi connectivity index (χ3n) is 2.00. The second kappa shape index (κ2) is 12.4. The molecule has 0 atom stereocenters. The van der Waals surface area contributed by atoms with Gasteiger partial charge in [-0.1, -0.05) is 47.5 Å². The zero-order valence-electron chi connectivity index (χ0n) is 11.8. The molecule has 0 saturated carbocycles. The molecule has 0 aliphatic rings. The SMILES string of the molecule is CC.CCCCCN(N)/C=C(\N)CC(C)C. The molecule has 0 aromatic rings. The second-order valence-electron chi connectivity index (χ2n) is 4.25. The molecule has 0 spiro atoms. The van der Waals surface area contributed by atoms with Crippen molar-refractivity contribution in [2.24, 2.45) is 17.5 Å². The van der Waals surface area contributed by atoms with Gasteiger partial charge in [-0.25, -0.2) is 5.84 Å². The highest BCUT2D eigenvalue weighted by atomic mass is 15.4. The van der Waals surface area contributed by atoms with Crippen molar-refractivity contribution in [2.45, 2.75) is 60.3 Å². The van der Waals surface area contributed by atoms with Gasteiger partial charge < -0.3 is 10.7 Å². The fourth-order valence-electron chi connectivity index (χ4n) is 1.35. The van der Waals surface area contributed by atoms with Crippen molar-refractivity contribution in [2.75, 3.05) is 6.54 Å². The average Bonchev–Trinajstić information content (AvgIpc) is 2.19. The Morgan fingerprint density at radius 3 is 2.25 bits per heavy atom. The first-order valence-corrected chi connectivity index (χ1v) is 6.53. The van der Waals surface area contributed by atoms with E-state index in [1.165, 1.54) is 12.8 Å². The lowest BCUT2D eigenvalue weighted by Gasteiger charge is -2.15. The molecule has 0 amide bonds. The molecule has 0 saturated heterocycles. The van der Waals surface area contributed by atoms with Crippen molar-refractivity contribution >= 4 is 0 Å². The zero-order valence-corrected chi connectivity index (χ0v) is 11.8. The van der Waals surface area contributed by atoms with E-state index in [-0.39, 0.29) is 0 Å². The molecular weight excluding hydrogens is 198 g/mol. The third kappa shape index (κ3) is 13.3. The molecule has 0 unspecified atom stereocenters. The van der Waals surface area contributed by atoms with Gasteiger partial charge in [0.2, 0.25) is 0 Å². The number of hydrogen-bond acceptors (Lipinski definition) is 3. The van der Waals surface area contributed by atoms with Crippen molar-refractivity contribution < 1.29 is 0 Å². The monoisotopic (exact) mass is 229 g/mol. The van der Waals surface area contributed by atoms with E-state index in [2.05, 4.69) is 20.8 Å². The van der Waals surface area contributed by atoms with Crippen LogP contribution in [0.25, 0.3) is 0 Å². The van der Waals surface area contributed by atoms with Gasteiger partial charge >= 0.3 is 0 Å². The molecule has 0 radical (unpaired) electrons. The van der Waals surface area contributed by atoms with Crippen LogP contribution in [0.2, 0.25) is 0 Å². The van der Waals surface area contributed by atoms with Gasteiger partial charge in [0.15, 0.2) is 0 Å². The smallest absolute Gasteiger partial charge is 0.0343 e. The van der Waals surface area contributed by atoms with E-state index >= 15 is 0 Å². The van der Waals surface area contributed by atoms with E-state index in [0.717, 1.165) is 25.1 Å². The van der Waals surface area contributed by atoms with Gasteiger partial charge in [-0.2, -0.15) is 0 Å². The summed E-state index contributed by atoms with van der Waals surface area (Å²) in [4.78, 5) is 0. The Kier molecular flexibility index (Phi) is 13.7. The predicted octanol–water partition coefficient (Wildman–Crippen LogP) is 3.22. The number of hydrogen-bond donors (Lipinski definition) is 2. The van der Waals surface area contributed by atoms with Crippen LogP contribution in [-0.4, -0.2) is 11.6 Å². The maximum Gasteiger partial charge on any atom is 0.0343 e. The van der Waals surface area contributed by atoms with Crippen LogP contribution in [0.15, 0.2) is 11.9 Å². The van der Waals surface area contributed by atoms with Crippen LogP contribution in [0.5, 0.6) is 0 Å². The molecule has 0 heterocycles. The summed E-state index contributed by atoms with van der Waals surface area (Å²) in [7, 11) is 0. The molecule has 0 aromatic carbocycles. The van der Waals surface area contributed by atoms with Crippen LogP contribution in [-0.2, 0) is 0 Å². The Hall–Kier alpha value is -0.700. The van der Waals surface area contributed by atoms with Crippen LogP contribution in [0.3, 0.4) is 0 Å². The summed E-state index contributed by atoms with van der Waals surface area (Å²) < 4.78 is 0. The van der Waals surface area contributed by atoms with E-state index in [0.29, 0.717) is 5.92 Å². The Labute approximate surface area is 102 Å². The van der Waals surface area contributed by atoms with Gasteiger partial charge in [0.1, 0.15) is 0 Å². The van der Waals surface area contributed by atoms with Gasteiger partial charge in [0, 0.05) is 18.4 Å². The molecular formula is C13H31N3. The molecule has 0 aromatic heterocycles. The molecule has 98 valence electrons. The van der Waals surface area contributed by atoms with Gasteiger partial charge in [-0.15, -0.1) is 0 Å². The standard InChI is InChI=1S/C11H25N3.C2H6/c1-4-5-6-7-14(13)9-11(12)8-10(2)3;1-2/h9-10H,4-8,12-13H2,1-3H3;1-2H3/b11-9-;. The number of nitrogens with two attached hydrogens (primary N) is 2. The third-order valence-corrected chi connectivity index (χ3v) is 2.00. The van der Waals surface area contributed by atoms with Crippen LogP contribution >= 0.6 is 0 Å². The van der Waals surface area contributed by atoms with E-state index in [4.69, 9.17) is 11.6 Å². The highest BCUT2D eigenvalue weighted by Crippen LogP contribution is 2.05. The van der Waals surface area contributed by atoms with Crippen molar-refractivity contribution in [3.05, 3.63) is 11.9 Å². The number of rotatable bonds is 7. The summed E-state index contributed by atoms with van der Waals surface area (Å²) in [6, 6.07) is 0. The van der Waals surface area contributed by atoms with Gasteiger partial charge in [0.25, 0.3) is 0 Å². The number of hydrazine groups is 1. The molecule has 0 bridgehead atoms. The molecule has 0 aliphatic carbocycles. The molecule has 16 heavy (non-hydrogen) atoms. The number of unbranched alkanes of at least 4 members (excludes halogenated alkanes) is 2. The second-order valence-corrected chi connectivity index (χ2v) is 4.25. The highest BCUT2D eigenvalue weighted by molar-refractivity contribution is 4.95. The summed E-state index contributed by atoms with van der Waals surface area (Å²) >= 11 is 0. The predicted molar refractivity (Wildman–Crippen MR) is 73.5 cm³/mol. The average molecular weight is 229 g/mol. The maximum atomic E-state index is 5.82. The van der Waals surface area contributed by atoms with E-state index in [9.17, 15) is 0 Å². The fraction of sp³-hybridized carbons (Fsp3) is 0.846.